The van der Waals surface area contributed by atoms with Crippen molar-refractivity contribution in [3.05, 3.63) is 59.7 Å². The molecule has 8 nitrogen and oxygen atoms in total. The van der Waals surface area contributed by atoms with Crippen molar-refractivity contribution < 1.29 is 23.7 Å². The fourth-order valence-corrected chi connectivity index (χ4v) is 3.36. The van der Waals surface area contributed by atoms with Gasteiger partial charge in [0.25, 0.3) is 11.8 Å². The summed E-state index contributed by atoms with van der Waals surface area (Å²) in [4.78, 5) is 12.2. The van der Waals surface area contributed by atoms with Gasteiger partial charge in [-0.15, -0.1) is 0 Å². The summed E-state index contributed by atoms with van der Waals surface area (Å²) >= 11 is 0. The van der Waals surface area contributed by atoms with Crippen molar-refractivity contribution in [3.63, 3.8) is 0 Å². The summed E-state index contributed by atoms with van der Waals surface area (Å²) in [5, 5.41) is 10.8. The molecule has 142 valence electrons. The maximum Gasteiger partial charge on any atom is 0.515 e. The van der Waals surface area contributed by atoms with Gasteiger partial charge in [0, 0.05) is 5.92 Å². The van der Waals surface area contributed by atoms with Crippen LogP contribution in [0.2, 0.25) is 0 Å². The first-order valence-corrected chi connectivity index (χ1v) is 8.57. The first kappa shape index (κ1) is 17.7. The molecule has 4 rings (SSSR count). The zero-order chi connectivity index (χ0) is 19.5. The molecular weight excluding hydrogens is 362 g/mol. The topological polar surface area (TPSA) is 92.7 Å². The van der Waals surface area contributed by atoms with Crippen LogP contribution in [0.1, 0.15) is 17.0 Å². The van der Waals surface area contributed by atoms with E-state index >= 15 is 0 Å². The van der Waals surface area contributed by atoms with Crippen molar-refractivity contribution in [1.82, 2.24) is 15.4 Å². The number of carbonyl (C=O) groups is 1. The number of carbonyl (C=O) groups excluding carboxylic acids is 1. The van der Waals surface area contributed by atoms with Gasteiger partial charge in [-0.3, -0.25) is 0 Å². The lowest BCUT2D eigenvalue weighted by Gasteiger charge is -2.14. The maximum absolute atomic E-state index is 12.2. The number of benzene rings is 2. The van der Waals surface area contributed by atoms with E-state index in [1.54, 1.807) is 0 Å². The third-order valence-electron chi connectivity index (χ3n) is 4.57. The van der Waals surface area contributed by atoms with Gasteiger partial charge >= 0.3 is 6.16 Å². The van der Waals surface area contributed by atoms with Crippen LogP contribution in [0.25, 0.3) is 11.1 Å². The van der Waals surface area contributed by atoms with E-state index in [1.165, 1.54) is 14.2 Å². The van der Waals surface area contributed by atoms with E-state index in [4.69, 9.17) is 18.9 Å². The van der Waals surface area contributed by atoms with Crippen LogP contribution in [0.15, 0.2) is 48.5 Å². The largest absolute Gasteiger partial charge is 0.515 e. The predicted octanol–water partition coefficient (Wildman–Crippen LogP) is 3.22. The van der Waals surface area contributed by atoms with Gasteiger partial charge < -0.3 is 18.9 Å². The number of hydrogen-bond acceptors (Lipinski definition) is 8. The van der Waals surface area contributed by atoms with Crippen molar-refractivity contribution in [3.8, 4) is 28.6 Å². The van der Waals surface area contributed by atoms with Gasteiger partial charge in [-0.2, -0.15) is 0 Å². The number of ether oxygens (including phenoxy) is 4. The summed E-state index contributed by atoms with van der Waals surface area (Å²) in [6, 6.07) is 16.1. The molecule has 1 aromatic heterocycles. The number of nitrogens with zero attached hydrogens (tertiary/aromatic N) is 3. The second kappa shape index (κ2) is 7.51. The van der Waals surface area contributed by atoms with E-state index in [2.05, 4.69) is 27.5 Å². The summed E-state index contributed by atoms with van der Waals surface area (Å²) in [5.41, 5.74) is 4.51. The molecule has 0 saturated heterocycles. The van der Waals surface area contributed by atoms with E-state index in [1.807, 2.05) is 36.4 Å². The Morgan fingerprint density at radius 3 is 2.11 bits per heavy atom. The van der Waals surface area contributed by atoms with Crippen LogP contribution in [-0.4, -0.2) is 42.4 Å². The summed E-state index contributed by atoms with van der Waals surface area (Å²) < 4.78 is 20.6. The minimum absolute atomic E-state index is 0.0546. The lowest BCUT2D eigenvalue weighted by atomic mass is 9.98. The van der Waals surface area contributed by atoms with E-state index in [-0.39, 0.29) is 30.0 Å². The maximum atomic E-state index is 12.2. The molecule has 0 fully saturated rings. The average molecular weight is 379 g/mol. The molecule has 1 aliphatic rings. The van der Waals surface area contributed by atoms with Crippen LogP contribution in [0.3, 0.4) is 0 Å². The third-order valence-corrected chi connectivity index (χ3v) is 4.57. The Labute approximate surface area is 161 Å². The monoisotopic (exact) mass is 379 g/mol. The summed E-state index contributed by atoms with van der Waals surface area (Å²) in [6.07, 6.45) is -0.914. The molecule has 0 unspecified atom stereocenters. The standard InChI is InChI=1S/C20H17N3O5/c1-25-17-18(26-2)21-23-22-19(17)28-20(24)27-11-16-14-9-5-3-7-12(14)13-8-4-6-10-15(13)16/h3-10,16H,11H2,1-2H3. The minimum Gasteiger partial charge on any atom is -0.487 e. The quantitative estimate of drug-likeness (QED) is 0.624. The highest BCUT2D eigenvalue weighted by atomic mass is 16.7. The lowest BCUT2D eigenvalue weighted by molar-refractivity contribution is 0.0928. The molecule has 0 aliphatic heterocycles. The molecule has 2 aromatic carbocycles. The Kier molecular flexibility index (Phi) is 4.76. The molecule has 0 saturated carbocycles. The Balaban J connectivity index is 1.51. The summed E-state index contributed by atoms with van der Waals surface area (Å²) in [7, 11) is 2.77. The van der Waals surface area contributed by atoms with Gasteiger partial charge in [0.1, 0.15) is 6.61 Å². The number of rotatable bonds is 5. The molecule has 28 heavy (non-hydrogen) atoms. The number of fused-ring (bicyclic) bond motifs is 3. The van der Waals surface area contributed by atoms with Gasteiger partial charge in [-0.05, 0) is 27.5 Å². The average Bonchev–Trinajstić information content (AvgIpc) is 3.06. The van der Waals surface area contributed by atoms with E-state index in [0.29, 0.717) is 0 Å². The SMILES string of the molecule is COc1nnnc(OC(=O)OCC2c3ccccc3-c3ccccc32)c1OC. The van der Waals surface area contributed by atoms with Gasteiger partial charge in [-0.1, -0.05) is 58.7 Å². The second-order valence-electron chi connectivity index (χ2n) is 6.03. The Hall–Kier alpha value is -3.68. The molecule has 0 atom stereocenters. The lowest BCUT2D eigenvalue weighted by Crippen LogP contribution is -2.17. The van der Waals surface area contributed by atoms with Crippen LogP contribution >= 0.6 is 0 Å². The molecule has 1 heterocycles. The molecule has 3 aromatic rings. The molecule has 0 amide bonds. The van der Waals surface area contributed by atoms with Crippen LogP contribution in [-0.2, 0) is 4.74 Å². The first-order valence-electron chi connectivity index (χ1n) is 8.57. The van der Waals surface area contributed by atoms with Crippen LogP contribution in [0.5, 0.6) is 17.5 Å². The van der Waals surface area contributed by atoms with Crippen molar-refractivity contribution in [2.75, 3.05) is 20.8 Å². The summed E-state index contributed by atoms with van der Waals surface area (Å²) in [5.74, 6) is -0.128. The second-order valence-corrected chi connectivity index (χ2v) is 6.03. The summed E-state index contributed by atoms with van der Waals surface area (Å²) in [6.45, 7) is 0.130. The molecule has 0 bridgehead atoms. The Morgan fingerprint density at radius 2 is 1.50 bits per heavy atom. The van der Waals surface area contributed by atoms with E-state index in [0.717, 1.165) is 22.3 Å². The molecule has 0 spiro atoms. The Bertz CT molecular complexity index is 979. The van der Waals surface area contributed by atoms with Crippen molar-refractivity contribution in [1.29, 1.82) is 0 Å². The highest BCUT2D eigenvalue weighted by Gasteiger charge is 2.29. The van der Waals surface area contributed by atoms with Crippen molar-refractivity contribution in [2.24, 2.45) is 0 Å². The van der Waals surface area contributed by atoms with Gasteiger partial charge in [-0.25, -0.2) is 4.79 Å². The zero-order valence-corrected chi connectivity index (χ0v) is 15.3. The highest BCUT2D eigenvalue weighted by Crippen LogP contribution is 2.44. The van der Waals surface area contributed by atoms with Crippen molar-refractivity contribution >= 4 is 6.16 Å². The van der Waals surface area contributed by atoms with Crippen molar-refractivity contribution in [2.45, 2.75) is 5.92 Å². The zero-order valence-electron chi connectivity index (χ0n) is 15.3. The number of hydrogen-bond donors (Lipinski definition) is 0. The highest BCUT2D eigenvalue weighted by molar-refractivity contribution is 5.79. The first-order chi connectivity index (χ1) is 13.7. The Morgan fingerprint density at radius 1 is 0.893 bits per heavy atom. The fraction of sp³-hybridized carbons (Fsp3) is 0.200. The van der Waals surface area contributed by atoms with Gasteiger partial charge in [0.05, 0.1) is 14.2 Å². The third kappa shape index (κ3) is 3.09. The minimum atomic E-state index is -0.914. The number of methoxy groups -OCH3 is 2. The van der Waals surface area contributed by atoms with Crippen LogP contribution in [0.4, 0.5) is 4.79 Å². The molecule has 0 radical (unpaired) electrons. The molecule has 0 N–H and O–H groups in total. The normalized spacial score (nSPS) is 12.1. The number of aromatic nitrogens is 3. The van der Waals surface area contributed by atoms with Gasteiger partial charge in [0.15, 0.2) is 0 Å². The predicted molar refractivity (Wildman–Crippen MR) is 98.6 cm³/mol. The van der Waals surface area contributed by atoms with Crippen LogP contribution in [0, 0.1) is 0 Å². The van der Waals surface area contributed by atoms with Crippen LogP contribution < -0.4 is 14.2 Å². The molecule has 8 heteroatoms. The molecular formula is C20H17N3O5. The van der Waals surface area contributed by atoms with E-state index in [9.17, 15) is 4.79 Å². The molecule has 1 aliphatic carbocycles. The smallest absolute Gasteiger partial charge is 0.487 e. The van der Waals surface area contributed by atoms with E-state index < -0.39 is 6.16 Å². The van der Waals surface area contributed by atoms with Gasteiger partial charge in [0.2, 0.25) is 5.75 Å². The fourth-order valence-electron chi connectivity index (χ4n) is 3.36.